The van der Waals surface area contributed by atoms with Crippen LogP contribution in [0.25, 0.3) is 5.95 Å². The van der Waals surface area contributed by atoms with E-state index in [-0.39, 0.29) is 23.8 Å². The van der Waals surface area contributed by atoms with Crippen molar-refractivity contribution in [1.29, 1.82) is 0 Å². The number of hydrogen-bond acceptors (Lipinski definition) is 4. The van der Waals surface area contributed by atoms with E-state index in [0.29, 0.717) is 17.7 Å². The van der Waals surface area contributed by atoms with Crippen LogP contribution in [-0.2, 0) is 17.6 Å². The summed E-state index contributed by atoms with van der Waals surface area (Å²) in [6, 6.07) is 22.1. The third kappa shape index (κ3) is 4.61. The molecule has 2 heterocycles. The van der Waals surface area contributed by atoms with Crippen molar-refractivity contribution in [3.05, 3.63) is 105 Å². The van der Waals surface area contributed by atoms with Crippen LogP contribution >= 0.6 is 0 Å². The Balaban J connectivity index is 1.31. The van der Waals surface area contributed by atoms with Crippen molar-refractivity contribution in [2.45, 2.75) is 56.8 Å². The summed E-state index contributed by atoms with van der Waals surface area (Å²) in [6.07, 6.45) is 6.04. The van der Waals surface area contributed by atoms with Gasteiger partial charge in [0.2, 0.25) is 11.9 Å². The van der Waals surface area contributed by atoms with Crippen LogP contribution in [0.15, 0.2) is 71.5 Å². The second-order valence-electron chi connectivity index (χ2n) is 9.79. The molecule has 1 amide bonds. The number of fused-ring (bicyclic) bond motifs is 1. The Hall–Kier alpha value is -4.00. The molecule has 6 rings (SSSR count). The van der Waals surface area contributed by atoms with Gasteiger partial charge in [-0.05, 0) is 49.7 Å². The van der Waals surface area contributed by atoms with Crippen LogP contribution in [-0.4, -0.2) is 25.7 Å². The minimum absolute atomic E-state index is 0.0756. The molecule has 0 saturated heterocycles. The Morgan fingerprint density at radius 2 is 1.67 bits per heavy atom. The van der Waals surface area contributed by atoms with E-state index in [2.05, 4.69) is 34.6 Å². The largest absolute Gasteiger partial charge is 0.310 e. The highest BCUT2D eigenvalue weighted by Gasteiger charge is 2.29. The molecule has 1 saturated carbocycles. The van der Waals surface area contributed by atoms with Gasteiger partial charge in [-0.3, -0.25) is 14.6 Å². The molecule has 0 bridgehead atoms. The maximum Gasteiger partial charge on any atom is 0.255 e. The van der Waals surface area contributed by atoms with Crippen molar-refractivity contribution in [1.82, 2.24) is 19.7 Å². The quantitative estimate of drug-likeness (QED) is 0.395. The molecular formula is C29H29N5O2. The zero-order valence-corrected chi connectivity index (χ0v) is 20.1. The van der Waals surface area contributed by atoms with E-state index in [1.807, 2.05) is 42.5 Å². The average Bonchev–Trinajstić information content (AvgIpc) is 3.68. The molecule has 2 aromatic heterocycles. The fourth-order valence-corrected chi connectivity index (χ4v) is 5.10. The van der Waals surface area contributed by atoms with Crippen LogP contribution in [0.3, 0.4) is 0 Å². The van der Waals surface area contributed by atoms with E-state index in [1.165, 1.54) is 0 Å². The van der Waals surface area contributed by atoms with Crippen LogP contribution in [0.4, 0.5) is 5.82 Å². The van der Waals surface area contributed by atoms with Gasteiger partial charge in [-0.2, -0.15) is 9.78 Å². The van der Waals surface area contributed by atoms with E-state index in [1.54, 1.807) is 4.68 Å². The molecule has 4 aromatic rings. The highest BCUT2D eigenvalue weighted by molar-refractivity contribution is 5.91. The standard InChI is InChI=1S/C29H29N5O2/c35-27(17-23(19-9-3-1-4-10-19)20-11-5-2-6-12-20)31-26-18-25(21-15-16-21)33-34(26)29-30-24-14-8-7-13-22(24)28(36)32-29/h1-6,9-12,18,21,23H,7-8,13-17H2,(H,31,35)(H,30,32,36). The Kier molecular flexibility index (Phi) is 5.97. The number of nitrogens with one attached hydrogen (secondary N) is 2. The number of carbonyl (C=O) groups is 1. The monoisotopic (exact) mass is 479 g/mol. The number of hydrogen-bond donors (Lipinski definition) is 2. The van der Waals surface area contributed by atoms with Crippen LogP contribution in [0.1, 0.15) is 72.0 Å². The molecule has 0 unspecified atom stereocenters. The molecule has 2 aromatic carbocycles. The van der Waals surface area contributed by atoms with Crippen molar-refractivity contribution in [2.24, 2.45) is 0 Å². The minimum atomic E-state index is -0.114. The third-order valence-corrected chi connectivity index (χ3v) is 7.16. The smallest absolute Gasteiger partial charge is 0.255 e. The molecule has 2 aliphatic rings. The number of H-pyrrole nitrogens is 1. The van der Waals surface area contributed by atoms with Crippen LogP contribution in [0, 0.1) is 0 Å². The fourth-order valence-electron chi connectivity index (χ4n) is 5.10. The molecule has 7 nitrogen and oxygen atoms in total. The van der Waals surface area contributed by atoms with Crippen molar-refractivity contribution in [3.63, 3.8) is 0 Å². The molecule has 0 atom stereocenters. The predicted octanol–water partition coefficient (Wildman–Crippen LogP) is 4.87. The van der Waals surface area contributed by atoms with Gasteiger partial charge in [0, 0.05) is 29.9 Å². The van der Waals surface area contributed by atoms with Crippen LogP contribution in [0.2, 0.25) is 0 Å². The topological polar surface area (TPSA) is 92.7 Å². The maximum absolute atomic E-state index is 13.4. The van der Waals surface area contributed by atoms with Crippen molar-refractivity contribution >= 4 is 11.7 Å². The van der Waals surface area contributed by atoms with Crippen molar-refractivity contribution < 1.29 is 4.79 Å². The van der Waals surface area contributed by atoms with Gasteiger partial charge >= 0.3 is 0 Å². The van der Waals surface area contributed by atoms with Gasteiger partial charge in [-0.15, -0.1) is 0 Å². The number of carbonyl (C=O) groups excluding carboxylic acids is 1. The third-order valence-electron chi connectivity index (χ3n) is 7.16. The van der Waals surface area contributed by atoms with Gasteiger partial charge in [0.05, 0.1) is 11.4 Å². The molecule has 36 heavy (non-hydrogen) atoms. The van der Waals surface area contributed by atoms with Crippen LogP contribution in [0.5, 0.6) is 0 Å². The average molecular weight is 480 g/mol. The number of nitrogens with zero attached hydrogens (tertiary/aromatic N) is 3. The molecule has 0 radical (unpaired) electrons. The summed E-state index contributed by atoms with van der Waals surface area (Å²) >= 11 is 0. The lowest BCUT2D eigenvalue weighted by Gasteiger charge is -2.18. The summed E-state index contributed by atoms with van der Waals surface area (Å²) in [4.78, 5) is 33.9. The van der Waals surface area contributed by atoms with E-state index < -0.39 is 0 Å². The summed E-state index contributed by atoms with van der Waals surface area (Å²) in [5.74, 6) is 1.11. The van der Waals surface area contributed by atoms with Gasteiger partial charge in [-0.25, -0.2) is 4.98 Å². The number of anilines is 1. The van der Waals surface area contributed by atoms with Crippen LogP contribution < -0.4 is 10.9 Å². The van der Waals surface area contributed by atoms with E-state index in [4.69, 9.17) is 10.1 Å². The maximum atomic E-state index is 13.4. The van der Waals surface area contributed by atoms with E-state index >= 15 is 0 Å². The summed E-state index contributed by atoms with van der Waals surface area (Å²) in [6.45, 7) is 0. The van der Waals surface area contributed by atoms with Crippen molar-refractivity contribution in [3.8, 4) is 5.95 Å². The number of benzene rings is 2. The normalized spacial score (nSPS) is 15.0. The number of aromatic amines is 1. The first-order chi connectivity index (χ1) is 17.7. The van der Waals surface area contributed by atoms with E-state index in [9.17, 15) is 9.59 Å². The summed E-state index contributed by atoms with van der Waals surface area (Å²) in [7, 11) is 0. The molecule has 0 spiro atoms. The van der Waals surface area contributed by atoms with Crippen molar-refractivity contribution in [2.75, 3.05) is 5.32 Å². The SMILES string of the molecule is O=C(CC(c1ccccc1)c1ccccc1)Nc1cc(C2CC2)nn1-c1nc2c(c(=O)[nH]1)CCCC2. The summed E-state index contributed by atoms with van der Waals surface area (Å²) in [5, 5.41) is 7.83. The fraction of sp³-hybridized carbons (Fsp3) is 0.310. The van der Waals surface area contributed by atoms with Gasteiger partial charge in [0.1, 0.15) is 5.82 Å². The first-order valence-electron chi connectivity index (χ1n) is 12.8. The highest BCUT2D eigenvalue weighted by Crippen LogP contribution is 2.40. The molecule has 0 aliphatic heterocycles. The van der Waals surface area contributed by atoms with Gasteiger partial charge in [0.15, 0.2) is 0 Å². The summed E-state index contributed by atoms with van der Waals surface area (Å²) < 4.78 is 1.60. The Labute approximate surface area is 209 Å². The zero-order valence-electron chi connectivity index (χ0n) is 20.1. The molecule has 182 valence electrons. The van der Waals surface area contributed by atoms with E-state index in [0.717, 1.165) is 66.6 Å². The highest BCUT2D eigenvalue weighted by atomic mass is 16.1. The zero-order chi connectivity index (χ0) is 24.5. The second-order valence-corrected chi connectivity index (χ2v) is 9.79. The second kappa shape index (κ2) is 9.57. The lowest BCUT2D eigenvalue weighted by Crippen LogP contribution is -2.25. The first kappa shape index (κ1) is 22.5. The Bertz CT molecular complexity index is 1400. The molecule has 2 N–H and O–H groups in total. The molecule has 7 heteroatoms. The Morgan fingerprint density at radius 1 is 1.00 bits per heavy atom. The minimum Gasteiger partial charge on any atom is -0.310 e. The molecule has 2 aliphatic carbocycles. The van der Waals surface area contributed by atoms with Gasteiger partial charge in [0.25, 0.3) is 5.56 Å². The molecule has 1 fully saturated rings. The number of rotatable bonds is 7. The lowest BCUT2D eigenvalue weighted by atomic mass is 9.88. The number of amides is 1. The first-order valence-corrected chi connectivity index (χ1v) is 12.8. The number of aromatic nitrogens is 4. The number of aryl methyl sites for hydroxylation is 1. The summed E-state index contributed by atoms with van der Waals surface area (Å²) in [5.41, 5.74) is 4.61. The lowest BCUT2D eigenvalue weighted by molar-refractivity contribution is -0.116. The Morgan fingerprint density at radius 3 is 2.33 bits per heavy atom. The van der Waals surface area contributed by atoms with Gasteiger partial charge < -0.3 is 5.32 Å². The van der Waals surface area contributed by atoms with Gasteiger partial charge in [-0.1, -0.05) is 60.7 Å². The molecular weight excluding hydrogens is 450 g/mol. The predicted molar refractivity (Wildman–Crippen MR) is 139 cm³/mol.